The fraction of sp³-hybridized carbons (Fsp3) is 0.412. The molecule has 1 fully saturated rings. The van der Waals surface area contributed by atoms with Crippen molar-refractivity contribution in [2.24, 2.45) is 0 Å². The first-order chi connectivity index (χ1) is 11.7. The molecule has 126 valence electrons. The number of nitrogens with zero attached hydrogens (tertiary/aromatic N) is 4. The van der Waals surface area contributed by atoms with Crippen molar-refractivity contribution in [3.05, 3.63) is 47.7 Å². The van der Waals surface area contributed by atoms with Crippen LogP contribution in [0.25, 0.3) is 0 Å². The van der Waals surface area contributed by atoms with Crippen LogP contribution in [-0.4, -0.2) is 52.6 Å². The molecule has 7 nitrogen and oxygen atoms in total. The number of amides is 1. The van der Waals surface area contributed by atoms with Gasteiger partial charge in [-0.3, -0.25) is 9.78 Å². The van der Waals surface area contributed by atoms with Crippen molar-refractivity contribution in [1.82, 2.24) is 19.9 Å². The van der Waals surface area contributed by atoms with E-state index < -0.39 is 0 Å². The minimum atomic E-state index is -0.269. The summed E-state index contributed by atoms with van der Waals surface area (Å²) in [6.07, 6.45) is 3.73. The molecule has 1 N–H and O–H groups in total. The van der Waals surface area contributed by atoms with Gasteiger partial charge >= 0.3 is 0 Å². The Morgan fingerprint density at radius 3 is 3.08 bits per heavy atom. The number of ether oxygens (including phenoxy) is 1. The molecule has 1 atom stereocenters. The number of morpholine rings is 1. The third kappa shape index (κ3) is 3.68. The molecule has 2 aromatic heterocycles. The Kier molecular flexibility index (Phi) is 5.00. The standard InChI is InChI=1S/C17H21N5O2/c1-12-8-15(18-2)21-17(20-12)14-11-24-7-6-22(14)16(23)9-13-4-3-5-19-10-13/h3-5,8,10,14H,6-7,9,11H2,1-2H3,(H,18,20,21)/t14-/m1/s1. The summed E-state index contributed by atoms with van der Waals surface area (Å²) in [5, 5.41) is 3.03. The van der Waals surface area contributed by atoms with Gasteiger partial charge in [-0.2, -0.15) is 0 Å². The lowest BCUT2D eigenvalue weighted by molar-refractivity contribution is -0.139. The molecular formula is C17H21N5O2. The summed E-state index contributed by atoms with van der Waals surface area (Å²) < 4.78 is 5.57. The Labute approximate surface area is 141 Å². The normalized spacial score (nSPS) is 17.6. The summed E-state index contributed by atoms with van der Waals surface area (Å²) in [5.41, 5.74) is 1.75. The molecular weight excluding hydrogens is 306 g/mol. The number of carbonyl (C=O) groups excluding carboxylic acids is 1. The molecule has 1 aliphatic heterocycles. The molecule has 3 rings (SSSR count). The second-order valence-corrected chi connectivity index (χ2v) is 5.72. The van der Waals surface area contributed by atoms with Gasteiger partial charge in [0.2, 0.25) is 5.91 Å². The average Bonchev–Trinajstić information content (AvgIpc) is 2.62. The van der Waals surface area contributed by atoms with Gasteiger partial charge in [-0.1, -0.05) is 6.07 Å². The summed E-state index contributed by atoms with van der Waals surface area (Å²) in [6.45, 7) is 3.39. The van der Waals surface area contributed by atoms with E-state index in [4.69, 9.17) is 4.74 Å². The number of hydrogen-bond acceptors (Lipinski definition) is 6. The minimum Gasteiger partial charge on any atom is -0.377 e. The van der Waals surface area contributed by atoms with Crippen molar-refractivity contribution in [2.75, 3.05) is 32.1 Å². The van der Waals surface area contributed by atoms with Crippen molar-refractivity contribution in [3.63, 3.8) is 0 Å². The van der Waals surface area contributed by atoms with Gasteiger partial charge < -0.3 is 15.0 Å². The number of hydrogen-bond donors (Lipinski definition) is 1. The summed E-state index contributed by atoms with van der Waals surface area (Å²) in [7, 11) is 1.81. The molecule has 2 aromatic rings. The van der Waals surface area contributed by atoms with Crippen molar-refractivity contribution in [3.8, 4) is 0 Å². The van der Waals surface area contributed by atoms with Crippen LogP contribution >= 0.6 is 0 Å². The Bertz CT molecular complexity index is 707. The first-order valence-electron chi connectivity index (χ1n) is 7.97. The van der Waals surface area contributed by atoms with Crippen LogP contribution in [0.15, 0.2) is 30.6 Å². The summed E-state index contributed by atoms with van der Waals surface area (Å²) in [4.78, 5) is 27.7. The van der Waals surface area contributed by atoms with Crippen LogP contribution in [0, 0.1) is 6.92 Å². The fourth-order valence-electron chi connectivity index (χ4n) is 2.76. The number of carbonyl (C=O) groups is 1. The van der Waals surface area contributed by atoms with Crippen molar-refractivity contribution >= 4 is 11.7 Å². The van der Waals surface area contributed by atoms with Crippen LogP contribution in [0.4, 0.5) is 5.82 Å². The zero-order valence-electron chi connectivity index (χ0n) is 13.9. The third-order valence-electron chi connectivity index (χ3n) is 3.95. The van der Waals surface area contributed by atoms with E-state index in [1.807, 2.05) is 37.1 Å². The van der Waals surface area contributed by atoms with Crippen molar-refractivity contribution in [2.45, 2.75) is 19.4 Å². The average molecular weight is 327 g/mol. The molecule has 0 radical (unpaired) electrons. The van der Waals surface area contributed by atoms with E-state index in [0.29, 0.717) is 32.0 Å². The highest BCUT2D eigenvalue weighted by molar-refractivity contribution is 5.79. The van der Waals surface area contributed by atoms with Gasteiger partial charge in [-0.25, -0.2) is 9.97 Å². The van der Waals surface area contributed by atoms with Crippen LogP contribution in [0.5, 0.6) is 0 Å². The minimum absolute atomic E-state index is 0.0346. The lowest BCUT2D eigenvalue weighted by Crippen LogP contribution is -2.44. The van der Waals surface area contributed by atoms with E-state index >= 15 is 0 Å². The zero-order valence-corrected chi connectivity index (χ0v) is 13.9. The Morgan fingerprint density at radius 2 is 2.33 bits per heavy atom. The van der Waals surface area contributed by atoms with Crippen molar-refractivity contribution in [1.29, 1.82) is 0 Å². The van der Waals surface area contributed by atoms with Crippen LogP contribution in [-0.2, 0) is 16.0 Å². The lowest BCUT2D eigenvalue weighted by Gasteiger charge is -2.35. The largest absolute Gasteiger partial charge is 0.377 e. The highest BCUT2D eigenvalue weighted by Gasteiger charge is 2.31. The van der Waals surface area contributed by atoms with Gasteiger partial charge in [-0.15, -0.1) is 0 Å². The van der Waals surface area contributed by atoms with E-state index in [0.717, 1.165) is 17.1 Å². The lowest BCUT2D eigenvalue weighted by atomic mass is 10.1. The number of aryl methyl sites for hydroxylation is 1. The van der Waals surface area contributed by atoms with Gasteiger partial charge in [0, 0.05) is 37.7 Å². The highest BCUT2D eigenvalue weighted by atomic mass is 16.5. The molecule has 0 bridgehead atoms. The van der Waals surface area contributed by atoms with Crippen LogP contribution in [0.3, 0.4) is 0 Å². The molecule has 3 heterocycles. The van der Waals surface area contributed by atoms with Gasteiger partial charge in [0.25, 0.3) is 0 Å². The fourth-order valence-corrected chi connectivity index (χ4v) is 2.76. The maximum atomic E-state index is 12.8. The summed E-state index contributed by atoms with van der Waals surface area (Å²) in [5.74, 6) is 1.38. The molecule has 1 amide bonds. The molecule has 7 heteroatoms. The number of nitrogens with one attached hydrogen (secondary N) is 1. The quantitative estimate of drug-likeness (QED) is 0.913. The number of aromatic nitrogens is 3. The van der Waals surface area contributed by atoms with E-state index in [2.05, 4.69) is 20.3 Å². The topological polar surface area (TPSA) is 80.2 Å². The third-order valence-corrected chi connectivity index (χ3v) is 3.95. The number of anilines is 1. The Hall–Kier alpha value is -2.54. The monoisotopic (exact) mass is 327 g/mol. The highest BCUT2D eigenvalue weighted by Crippen LogP contribution is 2.23. The van der Waals surface area contributed by atoms with Gasteiger partial charge in [0.1, 0.15) is 11.9 Å². The van der Waals surface area contributed by atoms with Crippen LogP contribution < -0.4 is 5.32 Å². The van der Waals surface area contributed by atoms with Crippen molar-refractivity contribution < 1.29 is 9.53 Å². The summed E-state index contributed by atoms with van der Waals surface area (Å²) in [6, 6.07) is 5.34. The zero-order chi connectivity index (χ0) is 16.9. The first kappa shape index (κ1) is 16.3. The molecule has 0 spiro atoms. The molecule has 1 saturated heterocycles. The smallest absolute Gasteiger partial charge is 0.227 e. The number of pyridine rings is 1. The van der Waals surface area contributed by atoms with E-state index in [1.165, 1.54) is 0 Å². The molecule has 1 aliphatic rings. The molecule has 0 aliphatic carbocycles. The van der Waals surface area contributed by atoms with Crippen LogP contribution in [0.2, 0.25) is 0 Å². The van der Waals surface area contributed by atoms with Gasteiger partial charge in [0.15, 0.2) is 5.82 Å². The van der Waals surface area contributed by atoms with E-state index in [-0.39, 0.29) is 11.9 Å². The van der Waals surface area contributed by atoms with Gasteiger partial charge in [-0.05, 0) is 18.6 Å². The maximum Gasteiger partial charge on any atom is 0.227 e. The van der Waals surface area contributed by atoms with Gasteiger partial charge in [0.05, 0.1) is 19.6 Å². The molecule has 0 aromatic carbocycles. The number of rotatable bonds is 4. The van der Waals surface area contributed by atoms with Crippen LogP contribution in [0.1, 0.15) is 23.1 Å². The predicted octanol–water partition coefficient (Wildman–Crippen LogP) is 1.36. The second-order valence-electron chi connectivity index (χ2n) is 5.72. The van der Waals surface area contributed by atoms with E-state index in [9.17, 15) is 4.79 Å². The second kappa shape index (κ2) is 7.35. The van der Waals surface area contributed by atoms with E-state index in [1.54, 1.807) is 12.4 Å². The molecule has 24 heavy (non-hydrogen) atoms. The Morgan fingerprint density at radius 1 is 1.46 bits per heavy atom. The maximum absolute atomic E-state index is 12.8. The molecule has 0 unspecified atom stereocenters. The SMILES string of the molecule is CNc1cc(C)nc([C@H]2COCCN2C(=O)Cc2cccnc2)n1. The summed E-state index contributed by atoms with van der Waals surface area (Å²) >= 11 is 0. The predicted molar refractivity (Wildman–Crippen MR) is 89.5 cm³/mol. The Balaban J connectivity index is 1.83. The molecule has 0 saturated carbocycles. The first-order valence-corrected chi connectivity index (χ1v) is 7.97.